The fourth-order valence-electron chi connectivity index (χ4n) is 2.53. The molecular formula is C13H25F3N2O. The summed E-state index contributed by atoms with van der Waals surface area (Å²) in [7, 11) is 0. The Labute approximate surface area is 113 Å². The van der Waals surface area contributed by atoms with Gasteiger partial charge in [0, 0.05) is 18.7 Å². The number of nitrogens with one attached hydrogen (secondary N) is 1. The average molecular weight is 282 g/mol. The number of alkyl halides is 3. The molecule has 1 heterocycles. The molecule has 0 radical (unpaired) electrons. The number of hydrogen-bond donors (Lipinski definition) is 1. The first-order valence-corrected chi connectivity index (χ1v) is 7.09. The molecule has 0 aromatic rings. The van der Waals surface area contributed by atoms with Crippen LogP contribution in [0.4, 0.5) is 13.2 Å². The van der Waals surface area contributed by atoms with E-state index in [0.717, 1.165) is 19.4 Å². The van der Waals surface area contributed by atoms with E-state index < -0.39 is 12.7 Å². The number of rotatable bonds is 7. The third-order valence-electron chi connectivity index (χ3n) is 3.35. The van der Waals surface area contributed by atoms with Gasteiger partial charge in [-0.15, -0.1) is 0 Å². The van der Waals surface area contributed by atoms with Crippen LogP contribution in [-0.2, 0) is 4.74 Å². The molecule has 2 atom stereocenters. The Balaban J connectivity index is 2.66. The quantitative estimate of drug-likeness (QED) is 0.776. The molecule has 1 rings (SSSR count). The van der Waals surface area contributed by atoms with Gasteiger partial charge in [-0.05, 0) is 32.4 Å². The van der Waals surface area contributed by atoms with E-state index in [-0.39, 0.29) is 12.1 Å². The molecule has 1 aliphatic rings. The maximum atomic E-state index is 12.7. The maximum Gasteiger partial charge on any atom is 0.401 e. The lowest BCUT2D eigenvalue weighted by molar-refractivity contribution is -0.158. The highest BCUT2D eigenvalue weighted by Crippen LogP contribution is 2.22. The van der Waals surface area contributed by atoms with Crippen LogP contribution in [0.15, 0.2) is 0 Å². The zero-order valence-corrected chi connectivity index (χ0v) is 11.8. The van der Waals surface area contributed by atoms with Crippen LogP contribution in [0.2, 0.25) is 0 Å². The minimum Gasteiger partial charge on any atom is -0.380 e. The molecule has 0 spiro atoms. The van der Waals surface area contributed by atoms with Gasteiger partial charge in [-0.25, -0.2) is 0 Å². The zero-order chi connectivity index (χ0) is 14.3. The van der Waals surface area contributed by atoms with E-state index in [1.165, 1.54) is 4.90 Å². The number of nitrogens with zero attached hydrogens (tertiary/aromatic N) is 1. The molecular weight excluding hydrogens is 257 g/mol. The Kier molecular flexibility index (Phi) is 7.10. The largest absolute Gasteiger partial charge is 0.401 e. The SMILES string of the molecule is CCCNC1CCOCC1N(CCC)CC(F)(F)F. The van der Waals surface area contributed by atoms with Crippen LogP contribution >= 0.6 is 0 Å². The van der Waals surface area contributed by atoms with E-state index in [2.05, 4.69) is 12.2 Å². The van der Waals surface area contributed by atoms with Crippen molar-refractivity contribution in [3.05, 3.63) is 0 Å². The molecule has 0 amide bonds. The molecule has 1 saturated heterocycles. The Morgan fingerprint density at radius 3 is 2.58 bits per heavy atom. The van der Waals surface area contributed by atoms with E-state index in [1.54, 1.807) is 0 Å². The lowest BCUT2D eigenvalue weighted by Crippen LogP contribution is -2.57. The minimum atomic E-state index is -4.15. The van der Waals surface area contributed by atoms with Crippen molar-refractivity contribution in [2.75, 3.05) is 32.8 Å². The van der Waals surface area contributed by atoms with Crippen molar-refractivity contribution in [3.8, 4) is 0 Å². The third-order valence-corrected chi connectivity index (χ3v) is 3.35. The summed E-state index contributed by atoms with van der Waals surface area (Å²) < 4.78 is 43.4. The molecule has 19 heavy (non-hydrogen) atoms. The van der Waals surface area contributed by atoms with Gasteiger partial charge in [-0.1, -0.05) is 13.8 Å². The van der Waals surface area contributed by atoms with Crippen LogP contribution in [-0.4, -0.2) is 56.0 Å². The Hall–Kier alpha value is -0.330. The smallest absolute Gasteiger partial charge is 0.380 e. The highest BCUT2D eigenvalue weighted by atomic mass is 19.4. The van der Waals surface area contributed by atoms with E-state index in [0.29, 0.717) is 26.2 Å². The van der Waals surface area contributed by atoms with Crippen LogP contribution in [0.3, 0.4) is 0 Å². The Morgan fingerprint density at radius 2 is 2.00 bits per heavy atom. The molecule has 2 unspecified atom stereocenters. The van der Waals surface area contributed by atoms with Gasteiger partial charge in [0.05, 0.1) is 13.2 Å². The van der Waals surface area contributed by atoms with Gasteiger partial charge in [-0.2, -0.15) is 13.2 Å². The zero-order valence-electron chi connectivity index (χ0n) is 11.8. The lowest BCUT2D eigenvalue weighted by atomic mass is 10.0. The monoisotopic (exact) mass is 282 g/mol. The van der Waals surface area contributed by atoms with E-state index in [4.69, 9.17) is 4.74 Å². The van der Waals surface area contributed by atoms with E-state index in [9.17, 15) is 13.2 Å². The summed E-state index contributed by atoms with van der Waals surface area (Å²) in [6.45, 7) is 5.42. The number of hydrogen-bond acceptors (Lipinski definition) is 3. The molecule has 1 fully saturated rings. The minimum absolute atomic E-state index is 0.0996. The van der Waals surface area contributed by atoms with Crippen molar-refractivity contribution in [1.29, 1.82) is 0 Å². The Bertz CT molecular complexity index is 249. The van der Waals surface area contributed by atoms with Crippen LogP contribution in [0, 0.1) is 0 Å². The van der Waals surface area contributed by atoms with Gasteiger partial charge in [0.25, 0.3) is 0 Å². The van der Waals surface area contributed by atoms with Crippen LogP contribution in [0.1, 0.15) is 33.1 Å². The highest BCUT2D eigenvalue weighted by molar-refractivity contribution is 4.88. The molecule has 1 N–H and O–H groups in total. The molecule has 0 saturated carbocycles. The lowest BCUT2D eigenvalue weighted by Gasteiger charge is -2.40. The van der Waals surface area contributed by atoms with Gasteiger partial charge in [0.2, 0.25) is 0 Å². The van der Waals surface area contributed by atoms with Crippen LogP contribution < -0.4 is 5.32 Å². The number of ether oxygens (including phenoxy) is 1. The molecule has 6 heteroatoms. The van der Waals surface area contributed by atoms with Crippen molar-refractivity contribution in [2.24, 2.45) is 0 Å². The summed E-state index contributed by atoms with van der Waals surface area (Å²) in [5, 5.41) is 3.36. The predicted octanol–water partition coefficient (Wildman–Crippen LogP) is 2.42. The molecule has 3 nitrogen and oxygen atoms in total. The van der Waals surface area contributed by atoms with Crippen molar-refractivity contribution < 1.29 is 17.9 Å². The third kappa shape index (κ3) is 6.10. The first kappa shape index (κ1) is 16.7. The summed E-state index contributed by atoms with van der Waals surface area (Å²) in [5.41, 5.74) is 0. The molecule has 0 aliphatic carbocycles. The van der Waals surface area contributed by atoms with Gasteiger partial charge >= 0.3 is 6.18 Å². The molecule has 0 aromatic carbocycles. The van der Waals surface area contributed by atoms with Crippen LogP contribution in [0.5, 0.6) is 0 Å². The molecule has 114 valence electrons. The fraction of sp³-hybridized carbons (Fsp3) is 1.00. The highest BCUT2D eigenvalue weighted by Gasteiger charge is 2.37. The normalized spacial score (nSPS) is 24.9. The van der Waals surface area contributed by atoms with Gasteiger partial charge < -0.3 is 10.1 Å². The average Bonchev–Trinajstić information content (AvgIpc) is 2.34. The summed E-state index contributed by atoms with van der Waals surface area (Å²) in [6.07, 6.45) is -1.67. The summed E-state index contributed by atoms with van der Waals surface area (Å²) in [4.78, 5) is 1.52. The topological polar surface area (TPSA) is 24.5 Å². The van der Waals surface area contributed by atoms with E-state index in [1.807, 2.05) is 6.92 Å². The van der Waals surface area contributed by atoms with E-state index >= 15 is 0 Å². The summed E-state index contributed by atoms with van der Waals surface area (Å²) in [5.74, 6) is 0. The second-order valence-corrected chi connectivity index (χ2v) is 5.08. The second-order valence-electron chi connectivity index (χ2n) is 5.08. The summed E-state index contributed by atoms with van der Waals surface area (Å²) >= 11 is 0. The first-order chi connectivity index (χ1) is 8.98. The van der Waals surface area contributed by atoms with Gasteiger partial charge in [0.15, 0.2) is 0 Å². The standard InChI is InChI=1S/C13H25F3N2O/c1-3-6-17-11-5-8-19-9-12(11)18(7-4-2)10-13(14,15)16/h11-12,17H,3-10H2,1-2H3. The maximum absolute atomic E-state index is 12.7. The summed E-state index contributed by atoms with van der Waals surface area (Å²) in [6, 6.07) is -0.0792. The van der Waals surface area contributed by atoms with Crippen molar-refractivity contribution in [1.82, 2.24) is 10.2 Å². The molecule has 0 aromatic heterocycles. The van der Waals surface area contributed by atoms with Crippen molar-refractivity contribution in [3.63, 3.8) is 0 Å². The van der Waals surface area contributed by atoms with Gasteiger partial charge in [-0.3, -0.25) is 4.90 Å². The molecule has 1 aliphatic heterocycles. The van der Waals surface area contributed by atoms with Gasteiger partial charge in [0.1, 0.15) is 0 Å². The Morgan fingerprint density at radius 1 is 1.26 bits per heavy atom. The fourth-order valence-corrected chi connectivity index (χ4v) is 2.53. The first-order valence-electron chi connectivity index (χ1n) is 7.09. The van der Waals surface area contributed by atoms with Crippen molar-refractivity contribution in [2.45, 2.75) is 51.4 Å². The predicted molar refractivity (Wildman–Crippen MR) is 69.2 cm³/mol. The number of halogens is 3. The second kappa shape index (κ2) is 8.07. The molecule has 0 bridgehead atoms. The van der Waals surface area contributed by atoms with Crippen LogP contribution in [0.25, 0.3) is 0 Å². The van der Waals surface area contributed by atoms with Crippen molar-refractivity contribution >= 4 is 0 Å².